The molecule has 1 N–H and O–H groups in total. The number of amides is 1. The molecule has 2 heterocycles. The lowest BCUT2D eigenvalue weighted by molar-refractivity contribution is 0.0526. The summed E-state index contributed by atoms with van der Waals surface area (Å²) in [5, 5.41) is 8.13. The molecule has 0 spiro atoms. The number of benzene rings is 2. The summed E-state index contributed by atoms with van der Waals surface area (Å²) in [5.74, 6) is -1.20. The summed E-state index contributed by atoms with van der Waals surface area (Å²) in [5.41, 5.74) is 4.40. The Kier molecular flexibility index (Phi) is 6.82. The topological polar surface area (TPSA) is 112 Å². The Balaban J connectivity index is 1.82. The normalized spacial score (nSPS) is 10.8. The van der Waals surface area contributed by atoms with Crippen molar-refractivity contribution < 1.29 is 23.9 Å². The molecule has 1 amide bonds. The van der Waals surface area contributed by atoms with Crippen LogP contribution in [0.3, 0.4) is 0 Å². The smallest absolute Gasteiger partial charge is 0.343 e. The zero-order chi connectivity index (χ0) is 26.0. The highest BCUT2D eigenvalue weighted by Crippen LogP contribution is 2.27. The van der Waals surface area contributed by atoms with Crippen LogP contribution in [0.5, 0.6) is 0 Å². The first-order valence-electron chi connectivity index (χ1n) is 11.4. The molecular formula is C27H26N4O5. The molecular weight excluding hydrogens is 460 g/mol. The van der Waals surface area contributed by atoms with Gasteiger partial charge in [0, 0.05) is 10.9 Å². The summed E-state index contributed by atoms with van der Waals surface area (Å²) in [7, 11) is 1.26. The van der Waals surface area contributed by atoms with E-state index in [0.29, 0.717) is 5.82 Å². The van der Waals surface area contributed by atoms with Crippen LogP contribution in [0, 0.1) is 20.8 Å². The molecule has 0 aliphatic heterocycles. The highest BCUT2D eigenvalue weighted by atomic mass is 16.5. The summed E-state index contributed by atoms with van der Waals surface area (Å²) in [6.07, 6.45) is 1.34. The number of fused-ring (bicyclic) bond motifs is 1. The SMILES string of the molecule is CCOC(=O)c1cnn(-c2cc(C)c3cc(C)cc(C)c3n2)c1NC(=O)c1cccc(C(=O)OC)c1. The fourth-order valence-corrected chi connectivity index (χ4v) is 4.02. The monoisotopic (exact) mass is 486 g/mol. The van der Waals surface area contributed by atoms with Crippen LogP contribution in [0.25, 0.3) is 16.7 Å². The van der Waals surface area contributed by atoms with Gasteiger partial charge in [-0.05, 0) is 69.2 Å². The van der Waals surface area contributed by atoms with Crippen LogP contribution >= 0.6 is 0 Å². The average Bonchev–Trinajstić information content (AvgIpc) is 3.27. The summed E-state index contributed by atoms with van der Waals surface area (Å²) < 4.78 is 11.3. The van der Waals surface area contributed by atoms with Gasteiger partial charge < -0.3 is 14.8 Å². The number of anilines is 1. The van der Waals surface area contributed by atoms with E-state index >= 15 is 0 Å². The minimum atomic E-state index is -0.633. The van der Waals surface area contributed by atoms with Crippen molar-refractivity contribution in [2.45, 2.75) is 27.7 Å². The van der Waals surface area contributed by atoms with Gasteiger partial charge in [-0.1, -0.05) is 17.7 Å². The summed E-state index contributed by atoms with van der Waals surface area (Å²) in [6, 6.07) is 12.0. The fraction of sp³-hybridized carbons (Fsp3) is 0.222. The molecule has 0 aliphatic rings. The number of methoxy groups -OCH3 is 1. The van der Waals surface area contributed by atoms with E-state index in [2.05, 4.69) is 16.5 Å². The predicted molar refractivity (Wildman–Crippen MR) is 135 cm³/mol. The number of nitrogens with one attached hydrogen (secondary N) is 1. The molecule has 0 radical (unpaired) electrons. The first-order chi connectivity index (χ1) is 17.2. The van der Waals surface area contributed by atoms with Crippen molar-refractivity contribution in [2.75, 3.05) is 19.0 Å². The standard InChI is InChI=1S/C27H26N4O5/c1-6-36-27(34)21-14-28-31(22-12-16(3)20-11-15(2)10-17(4)23(20)29-22)24(21)30-25(32)18-8-7-9-19(13-18)26(33)35-5/h7-14H,6H2,1-5H3,(H,30,32). The molecule has 0 aliphatic carbocycles. The fourth-order valence-electron chi connectivity index (χ4n) is 4.02. The van der Waals surface area contributed by atoms with Gasteiger partial charge in [0.15, 0.2) is 11.6 Å². The molecule has 9 heteroatoms. The average molecular weight is 487 g/mol. The lowest BCUT2D eigenvalue weighted by Crippen LogP contribution is -2.19. The van der Waals surface area contributed by atoms with Crippen molar-refractivity contribution >= 4 is 34.6 Å². The molecule has 0 bridgehead atoms. The highest BCUT2D eigenvalue weighted by molar-refractivity contribution is 6.08. The molecule has 2 aromatic heterocycles. The van der Waals surface area contributed by atoms with Crippen LogP contribution < -0.4 is 5.32 Å². The molecule has 0 fully saturated rings. The molecule has 0 saturated heterocycles. The summed E-state index contributed by atoms with van der Waals surface area (Å²) in [4.78, 5) is 42.6. The number of hydrogen-bond donors (Lipinski definition) is 1. The Labute approximate surface area is 208 Å². The van der Waals surface area contributed by atoms with Crippen molar-refractivity contribution in [3.05, 3.63) is 82.0 Å². The quantitative estimate of drug-likeness (QED) is 0.398. The number of ether oxygens (including phenoxy) is 2. The summed E-state index contributed by atoms with van der Waals surface area (Å²) in [6.45, 7) is 7.83. The van der Waals surface area contributed by atoms with Gasteiger partial charge in [0.1, 0.15) is 5.56 Å². The van der Waals surface area contributed by atoms with E-state index in [1.54, 1.807) is 25.1 Å². The number of nitrogens with zero attached hydrogens (tertiary/aromatic N) is 3. The lowest BCUT2D eigenvalue weighted by atomic mass is 10.0. The van der Waals surface area contributed by atoms with Crippen LogP contribution in [0.15, 0.2) is 48.7 Å². The number of aromatic nitrogens is 3. The van der Waals surface area contributed by atoms with Crippen LogP contribution in [0.4, 0.5) is 5.82 Å². The van der Waals surface area contributed by atoms with Crippen LogP contribution in [-0.4, -0.2) is 46.3 Å². The minimum absolute atomic E-state index is 0.0782. The number of carbonyl (C=O) groups is 3. The molecule has 0 saturated carbocycles. The second kappa shape index (κ2) is 9.99. The van der Waals surface area contributed by atoms with Gasteiger partial charge >= 0.3 is 11.9 Å². The van der Waals surface area contributed by atoms with Crippen LogP contribution in [0.2, 0.25) is 0 Å². The Morgan fingerprint density at radius 1 is 0.972 bits per heavy atom. The molecule has 2 aromatic carbocycles. The van der Waals surface area contributed by atoms with Crippen molar-refractivity contribution in [3.63, 3.8) is 0 Å². The van der Waals surface area contributed by atoms with E-state index in [1.807, 2.05) is 32.9 Å². The maximum Gasteiger partial charge on any atom is 0.343 e. The third-order valence-electron chi connectivity index (χ3n) is 5.70. The number of rotatable bonds is 6. The van der Waals surface area contributed by atoms with Crippen LogP contribution in [-0.2, 0) is 9.47 Å². The van der Waals surface area contributed by atoms with Crippen molar-refractivity contribution in [3.8, 4) is 5.82 Å². The van der Waals surface area contributed by atoms with Gasteiger partial charge in [0.05, 0.1) is 31.0 Å². The number of esters is 2. The number of pyridine rings is 1. The van der Waals surface area contributed by atoms with E-state index in [9.17, 15) is 14.4 Å². The van der Waals surface area contributed by atoms with Gasteiger partial charge in [-0.15, -0.1) is 0 Å². The van der Waals surface area contributed by atoms with E-state index in [1.165, 1.54) is 24.1 Å². The Bertz CT molecular complexity index is 1510. The predicted octanol–water partition coefficient (Wildman–Crippen LogP) is 4.56. The second-order valence-corrected chi connectivity index (χ2v) is 8.34. The number of carbonyl (C=O) groups excluding carboxylic acids is 3. The minimum Gasteiger partial charge on any atom is -0.465 e. The van der Waals surface area contributed by atoms with Gasteiger partial charge in [0.25, 0.3) is 5.91 Å². The van der Waals surface area contributed by atoms with E-state index in [4.69, 9.17) is 14.5 Å². The van der Waals surface area contributed by atoms with Gasteiger partial charge in [-0.2, -0.15) is 9.78 Å². The Morgan fingerprint density at radius 3 is 2.44 bits per heavy atom. The van der Waals surface area contributed by atoms with Gasteiger partial charge in [-0.25, -0.2) is 14.6 Å². The Morgan fingerprint density at radius 2 is 1.72 bits per heavy atom. The number of hydrogen-bond acceptors (Lipinski definition) is 7. The third kappa shape index (κ3) is 4.68. The van der Waals surface area contributed by atoms with Crippen LogP contribution in [0.1, 0.15) is 54.7 Å². The molecule has 0 atom stereocenters. The first-order valence-corrected chi connectivity index (χ1v) is 11.4. The maximum atomic E-state index is 13.2. The molecule has 0 unspecified atom stereocenters. The zero-order valence-corrected chi connectivity index (χ0v) is 20.7. The molecule has 4 rings (SSSR count). The van der Waals surface area contributed by atoms with Crippen molar-refractivity contribution in [1.82, 2.24) is 14.8 Å². The third-order valence-corrected chi connectivity index (χ3v) is 5.70. The second-order valence-electron chi connectivity index (χ2n) is 8.34. The maximum absolute atomic E-state index is 13.2. The Hall–Kier alpha value is -4.53. The molecule has 9 nitrogen and oxygen atoms in total. The molecule has 36 heavy (non-hydrogen) atoms. The molecule has 4 aromatic rings. The summed E-state index contributed by atoms with van der Waals surface area (Å²) >= 11 is 0. The molecule has 184 valence electrons. The van der Waals surface area contributed by atoms with E-state index in [-0.39, 0.29) is 29.1 Å². The largest absolute Gasteiger partial charge is 0.465 e. The van der Waals surface area contributed by atoms with Gasteiger partial charge in [-0.3, -0.25) is 4.79 Å². The van der Waals surface area contributed by atoms with E-state index in [0.717, 1.165) is 27.6 Å². The first kappa shape index (κ1) is 24.6. The van der Waals surface area contributed by atoms with Gasteiger partial charge in [0.2, 0.25) is 0 Å². The van der Waals surface area contributed by atoms with Crippen molar-refractivity contribution in [2.24, 2.45) is 0 Å². The van der Waals surface area contributed by atoms with E-state index < -0.39 is 17.8 Å². The van der Waals surface area contributed by atoms with Crippen molar-refractivity contribution in [1.29, 1.82) is 0 Å². The lowest BCUT2D eigenvalue weighted by Gasteiger charge is -2.13. The highest BCUT2D eigenvalue weighted by Gasteiger charge is 2.23. The number of aryl methyl sites for hydroxylation is 3. The zero-order valence-electron chi connectivity index (χ0n) is 20.7.